The number of fused-ring (bicyclic) bond motifs is 1. The molecule has 0 atom stereocenters. The molecule has 0 unspecified atom stereocenters. The second kappa shape index (κ2) is 8.59. The van der Waals surface area contributed by atoms with Crippen molar-refractivity contribution in [3.8, 4) is 5.75 Å². The summed E-state index contributed by atoms with van der Waals surface area (Å²) in [6, 6.07) is 17.4. The van der Waals surface area contributed by atoms with Crippen molar-refractivity contribution < 1.29 is 17.5 Å². The Labute approximate surface area is 185 Å². The summed E-state index contributed by atoms with van der Waals surface area (Å²) in [4.78, 5) is 12.8. The normalized spacial score (nSPS) is 11.6. The maximum absolute atomic E-state index is 13.3. The molecule has 0 amide bonds. The van der Waals surface area contributed by atoms with Crippen molar-refractivity contribution in [3.05, 3.63) is 100 Å². The number of aromatic nitrogens is 1. The highest BCUT2D eigenvalue weighted by Gasteiger charge is 2.24. The number of nitrogens with zero attached hydrogens (tertiary/aromatic N) is 1. The first-order chi connectivity index (χ1) is 15.3. The van der Waals surface area contributed by atoms with Crippen LogP contribution in [-0.4, -0.2) is 19.6 Å². The monoisotopic (exact) mass is 451 g/mol. The van der Waals surface area contributed by atoms with Crippen molar-refractivity contribution in [1.29, 1.82) is 0 Å². The Morgan fingerprint density at radius 1 is 1.00 bits per heavy atom. The molecule has 164 valence electrons. The zero-order chi connectivity index (χ0) is 22.9. The van der Waals surface area contributed by atoms with Gasteiger partial charge in [-0.15, -0.1) is 0 Å². The highest BCUT2D eigenvalue weighted by atomic mass is 32.2. The number of pyridine rings is 1. The lowest BCUT2D eigenvalue weighted by Crippen LogP contribution is -2.20. The van der Waals surface area contributed by atoms with Gasteiger partial charge in [-0.05, 0) is 61.9 Å². The molecule has 5 nitrogen and oxygen atoms in total. The standard InChI is InChI=1S/C25H22FNO4S/c1-3-31-20-9-12-23-22(14-20)25(28)24(32(29,30)21-10-7-19(26)8-11-21)16-27(23)15-18-6-4-5-17(2)13-18/h4-14,16H,3,15H2,1-2H3. The maximum atomic E-state index is 13.3. The number of halogens is 1. The van der Waals surface area contributed by atoms with Crippen LogP contribution >= 0.6 is 0 Å². The van der Waals surface area contributed by atoms with Crippen molar-refractivity contribution in [2.24, 2.45) is 0 Å². The van der Waals surface area contributed by atoms with Gasteiger partial charge in [0.05, 0.1) is 22.4 Å². The molecule has 0 saturated carbocycles. The van der Waals surface area contributed by atoms with E-state index in [0.29, 0.717) is 24.4 Å². The Kier molecular flexibility index (Phi) is 5.84. The van der Waals surface area contributed by atoms with Gasteiger partial charge in [0.15, 0.2) is 0 Å². The van der Waals surface area contributed by atoms with Crippen LogP contribution in [-0.2, 0) is 16.4 Å². The summed E-state index contributed by atoms with van der Waals surface area (Å²) in [7, 11) is -4.17. The predicted octanol–water partition coefficient (Wildman–Crippen LogP) is 4.73. The van der Waals surface area contributed by atoms with Crippen molar-refractivity contribution >= 4 is 20.7 Å². The van der Waals surface area contributed by atoms with E-state index in [4.69, 9.17) is 4.74 Å². The molecule has 0 radical (unpaired) electrons. The lowest BCUT2D eigenvalue weighted by molar-refractivity contribution is 0.340. The lowest BCUT2D eigenvalue weighted by atomic mass is 10.1. The average molecular weight is 452 g/mol. The summed E-state index contributed by atoms with van der Waals surface area (Å²) < 4.78 is 47.2. The molecule has 0 fully saturated rings. The van der Waals surface area contributed by atoms with Crippen LogP contribution in [0.5, 0.6) is 5.75 Å². The Morgan fingerprint density at radius 3 is 2.44 bits per heavy atom. The van der Waals surface area contributed by atoms with E-state index in [1.165, 1.54) is 6.20 Å². The zero-order valence-electron chi connectivity index (χ0n) is 17.7. The van der Waals surface area contributed by atoms with Gasteiger partial charge in [-0.25, -0.2) is 12.8 Å². The topological polar surface area (TPSA) is 65.4 Å². The van der Waals surface area contributed by atoms with Gasteiger partial charge in [0.25, 0.3) is 0 Å². The van der Waals surface area contributed by atoms with Gasteiger partial charge in [0, 0.05) is 12.7 Å². The predicted molar refractivity (Wildman–Crippen MR) is 122 cm³/mol. The van der Waals surface area contributed by atoms with Gasteiger partial charge < -0.3 is 9.30 Å². The largest absolute Gasteiger partial charge is 0.494 e. The zero-order valence-corrected chi connectivity index (χ0v) is 18.5. The van der Waals surface area contributed by atoms with Crippen LogP contribution in [0.1, 0.15) is 18.1 Å². The summed E-state index contributed by atoms with van der Waals surface area (Å²) >= 11 is 0. The number of ether oxygens (including phenoxy) is 1. The molecule has 0 aliphatic carbocycles. The highest BCUT2D eigenvalue weighted by molar-refractivity contribution is 7.91. The molecule has 7 heteroatoms. The van der Waals surface area contributed by atoms with E-state index in [-0.39, 0.29) is 15.2 Å². The van der Waals surface area contributed by atoms with E-state index < -0.39 is 21.1 Å². The fraction of sp³-hybridized carbons (Fsp3) is 0.160. The molecule has 32 heavy (non-hydrogen) atoms. The molecule has 0 aliphatic rings. The van der Waals surface area contributed by atoms with Crippen LogP contribution in [0, 0.1) is 12.7 Å². The molecule has 4 rings (SSSR count). The van der Waals surface area contributed by atoms with Crippen molar-refractivity contribution in [3.63, 3.8) is 0 Å². The third kappa shape index (κ3) is 4.16. The molecule has 4 aromatic rings. The van der Waals surface area contributed by atoms with E-state index in [1.807, 2.05) is 38.1 Å². The van der Waals surface area contributed by atoms with E-state index >= 15 is 0 Å². The van der Waals surface area contributed by atoms with Gasteiger partial charge in [0.1, 0.15) is 16.5 Å². The van der Waals surface area contributed by atoms with E-state index in [0.717, 1.165) is 35.4 Å². The van der Waals surface area contributed by atoms with Crippen LogP contribution in [0.15, 0.2) is 87.5 Å². The van der Waals surface area contributed by atoms with Crippen LogP contribution in [0.25, 0.3) is 10.9 Å². The lowest BCUT2D eigenvalue weighted by Gasteiger charge is -2.15. The van der Waals surface area contributed by atoms with Crippen molar-refractivity contribution in [2.75, 3.05) is 6.61 Å². The van der Waals surface area contributed by atoms with Crippen molar-refractivity contribution in [2.45, 2.75) is 30.2 Å². The summed E-state index contributed by atoms with van der Waals surface area (Å²) in [6.07, 6.45) is 1.37. The second-order valence-electron chi connectivity index (χ2n) is 7.51. The maximum Gasteiger partial charge on any atom is 0.211 e. The van der Waals surface area contributed by atoms with Crippen LogP contribution < -0.4 is 10.2 Å². The molecule has 0 aliphatic heterocycles. The van der Waals surface area contributed by atoms with Crippen LogP contribution in [0.2, 0.25) is 0 Å². The quantitative estimate of drug-likeness (QED) is 0.398. The molecule has 0 bridgehead atoms. The van der Waals surface area contributed by atoms with E-state index in [2.05, 4.69) is 0 Å². The smallest absolute Gasteiger partial charge is 0.211 e. The van der Waals surface area contributed by atoms with Crippen LogP contribution in [0.4, 0.5) is 4.39 Å². The molecule has 1 heterocycles. The van der Waals surface area contributed by atoms with Gasteiger partial charge in [0.2, 0.25) is 15.3 Å². The molecular formula is C25H22FNO4S. The molecule has 0 spiro atoms. The Morgan fingerprint density at radius 2 is 1.75 bits per heavy atom. The summed E-state index contributed by atoms with van der Waals surface area (Å²) in [5.41, 5.74) is 2.02. The van der Waals surface area contributed by atoms with E-state index in [1.54, 1.807) is 22.8 Å². The van der Waals surface area contributed by atoms with E-state index in [9.17, 15) is 17.6 Å². The molecule has 0 N–H and O–H groups in total. The third-order valence-corrected chi connectivity index (χ3v) is 6.94. The van der Waals surface area contributed by atoms with Gasteiger partial charge in [-0.1, -0.05) is 29.8 Å². The first-order valence-corrected chi connectivity index (χ1v) is 11.6. The minimum Gasteiger partial charge on any atom is -0.494 e. The molecule has 0 saturated heterocycles. The van der Waals surface area contributed by atoms with Gasteiger partial charge >= 0.3 is 0 Å². The number of benzene rings is 3. The minimum atomic E-state index is -4.17. The fourth-order valence-corrected chi connectivity index (χ4v) is 5.04. The number of hydrogen-bond donors (Lipinski definition) is 0. The third-order valence-electron chi connectivity index (χ3n) is 5.18. The molecule has 1 aromatic heterocycles. The number of aryl methyl sites for hydroxylation is 1. The first-order valence-electron chi connectivity index (χ1n) is 10.2. The van der Waals surface area contributed by atoms with Crippen molar-refractivity contribution in [1.82, 2.24) is 4.57 Å². The van der Waals surface area contributed by atoms with Gasteiger partial charge in [-0.2, -0.15) is 0 Å². The SMILES string of the molecule is CCOc1ccc2c(c1)c(=O)c(S(=O)(=O)c1ccc(F)cc1)cn2Cc1cccc(C)c1. The number of rotatable bonds is 6. The average Bonchev–Trinajstić information content (AvgIpc) is 2.76. The first kappa shape index (κ1) is 21.8. The molecular weight excluding hydrogens is 429 g/mol. The summed E-state index contributed by atoms with van der Waals surface area (Å²) in [5, 5.41) is 0.242. The summed E-state index contributed by atoms with van der Waals surface area (Å²) in [5.74, 6) is -0.0730. The Balaban J connectivity index is 1.97. The second-order valence-corrected chi connectivity index (χ2v) is 9.43. The number of sulfone groups is 1. The Hall–Kier alpha value is -3.45. The number of hydrogen-bond acceptors (Lipinski definition) is 4. The molecule has 3 aromatic carbocycles. The Bertz CT molecular complexity index is 1460. The fourth-order valence-electron chi connectivity index (χ4n) is 3.68. The minimum absolute atomic E-state index is 0.140. The van der Waals surface area contributed by atoms with Gasteiger partial charge in [-0.3, -0.25) is 4.79 Å². The highest BCUT2D eigenvalue weighted by Crippen LogP contribution is 2.25. The van der Waals surface area contributed by atoms with Crippen LogP contribution in [0.3, 0.4) is 0 Å². The summed E-state index contributed by atoms with van der Waals surface area (Å²) in [6.45, 7) is 4.59.